The van der Waals surface area contributed by atoms with Gasteiger partial charge in [-0.15, -0.1) is 0 Å². The molecule has 0 aliphatic carbocycles. The van der Waals surface area contributed by atoms with Crippen LogP contribution in [-0.4, -0.2) is 51.0 Å². The van der Waals surface area contributed by atoms with Gasteiger partial charge >= 0.3 is 0 Å². The molecule has 2 aromatic heterocycles. The molecular weight excluding hydrogens is 338 g/mol. The summed E-state index contributed by atoms with van der Waals surface area (Å²) in [4.78, 5) is 23.5. The number of fused-ring (bicyclic) bond motifs is 1. The average molecular weight is 361 g/mol. The lowest BCUT2D eigenvalue weighted by molar-refractivity contribution is -0.122. The molecule has 1 aliphatic heterocycles. The van der Waals surface area contributed by atoms with Crippen molar-refractivity contribution in [2.45, 2.75) is 25.7 Å². The maximum absolute atomic E-state index is 12.7. The molecule has 1 fully saturated rings. The van der Waals surface area contributed by atoms with Crippen LogP contribution in [0.4, 0.5) is 0 Å². The minimum absolute atomic E-state index is 0.137. The van der Waals surface area contributed by atoms with Crippen molar-refractivity contribution in [2.75, 3.05) is 20.1 Å². The molecule has 1 aromatic carbocycles. The highest BCUT2D eigenvalue weighted by Crippen LogP contribution is 2.23. The van der Waals surface area contributed by atoms with E-state index in [2.05, 4.69) is 32.1 Å². The summed E-state index contributed by atoms with van der Waals surface area (Å²) in [5.74, 6) is 0.419. The molecule has 0 spiro atoms. The predicted molar refractivity (Wildman–Crippen MR) is 104 cm³/mol. The topological polar surface area (TPSA) is 71.9 Å². The molecule has 4 rings (SSSR count). The van der Waals surface area contributed by atoms with Gasteiger partial charge in [-0.05, 0) is 57.6 Å². The van der Waals surface area contributed by atoms with Gasteiger partial charge in [0.1, 0.15) is 5.78 Å². The number of carbonyl (C=O) groups excluding carboxylic acids is 1. The summed E-state index contributed by atoms with van der Waals surface area (Å²) in [6, 6.07) is 7.90. The summed E-state index contributed by atoms with van der Waals surface area (Å²) in [6.45, 7) is 2.06. The van der Waals surface area contributed by atoms with Crippen molar-refractivity contribution >= 4 is 16.7 Å². The maximum atomic E-state index is 12.7. The monoisotopic (exact) mass is 361 g/mol. The first-order valence-corrected chi connectivity index (χ1v) is 9.43. The SMILES string of the molecule is CN1CCCC(C(=O)Cc2cc3cc(-c4cnccn4)ccc3nn2)CC1. The number of rotatable bonds is 4. The smallest absolute Gasteiger partial charge is 0.142 e. The van der Waals surface area contributed by atoms with Crippen LogP contribution < -0.4 is 0 Å². The van der Waals surface area contributed by atoms with E-state index in [-0.39, 0.29) is 11.7 Å². The zero-order valence-electron chi connectivity index (χ0n) is 15.5. The Morgan fingerprint density at radius 1 is 1.15 bits per heavy atom. The Kier molecular flexibility index (Phi) is 5.16. The van der Waals surface area contributed by atoms with Gasteiger partial charge in [-0.2, -0.15) is 10.2 Å². The number of aromatic nitrogens is 4. The number of carbonyl (C=O) groups is 1. The molecule has 138 valence electrons. The van der Waals surface area contributed by atoms with E-state index in [4.69, 9.17) is 0 Å². The largest absolute Gasteiger partial charge is 0.306 e. The Morgan fingerprint density at radius 3 is 2.93 bits per heavy atom. The molecule has 3 aromatic rings. The highest BCUT2D eigenvalue weighted by molar-refractivity contribution is 5.86. The van der Waals surface area contributed by atoms with Crippen LogP contribution in [0, 0.1) is 5.92 Å². The minimum atomic E-state index is 0.137. The van der Waals surface area contributed by atoms with Gasteiger partial charge in [-0.25, -0.2) is 0 Å². The number of benzene rings is 1. The van der Waals surface area contributed by atoms with E-state index < -0.39 is 0 Å². The number of hydrogen-bond donors (Lipinski definition) is 0. The normalized spacial score (nSPS) is 18.3. The van der Waals surface area contributed by atoms with Gasteiger partial charge in [0, 0.05) is 29.3 Å². The van der Waals surface area contributed by atoms with E-state index >= 15 is 0 Å². The van der Waals surface area contributed by atoms with E-state index in [1.54, 1.807) is 18.6 Å². The molecule has 0 saturated carbocycles. The highest BCUT2D eigenvalue weighted by atomic mass is 16.1. The Hall–Kier alpha value is -2.73. The minimum Gasteiger partial charge on any atom is -0.306 e. The van der Waals surface area contributed by atoms with Crippen LogP contribution in [0.5, 0.6) is 0 Å². The molecule has 1 atom stereocenters. The Bertz CT molecular complexity index is 944. The molecule has 0 amide bonds. The lowest BCUT2D eigenvalue weighted by Crippen LogP contribution is -2.21. The van der Waals surface area contributed by atoms with Gasteiger partial charge < -0.3 is 4.90 Å². The molecule has 0 N–H and O–H groups in total. The molecule has 0 bridgehead atoms. The van der Waals surface area contributed by atoms with Crippen LogP contribution in [-0.2, 0) is 11.2 Å². The van der Waals surface area contributed by atoms with Crippen molar-refractivity contribution in [1.82, 2.24) is 25.1 Å². The fraction of sp³-hybridized carbons (Fsp3) is 0.381. The zero-order valence-corrected chi connectivity index (χ0v) is 15.5. The fourth-order valence-electron chi connectivity index (χ4n) is 3.67. The van der Waals surface area contributed by atoms with Crippen molar-refractivity contribution in [3.63, 3.8) is 0 Å². The third kappa shape index (κ3) is 4.17. The fourth-order valence-corrected chi connectivity index (χ4v) is 3.67. The Labute approximate surface area is 158 Å². The summed E-state index contributed by atoms with van der Waals surface area (Å²) in [5.41, 5.74) is 3.35. The van der Waals surface area contributed by atoms with Gasteiger partial charge in [0.25, 0.3) is 0 Å². The lowest BCUT2D eigenvalue weighted by atomic mass is 9.93. The molecule has 3 heterocycles. The van der Waals surface area contributed by atoms with Crippen LogP contribution in [0.15, 0.2) is 42.9 Å². The Morgan fingerprint density at radius 2 is 2.07 bits per heavy atom. The predicted octanol–water partition coefficient (Wildman–Crippen LogP) is 2.93. The van der Waals surface area contributed by atoms with Gasteiger partial charge in [0.15, 0.2) is 0 Å². The van der Waals surface area contributed by atoms with Gasteiger partial charge in [-0.3, -0.25) is 14.8 Å². The number of ketones is 1. The van der Waals surface area contributed by atoms with Crippen molar-refractivity contribution in [3.05, 3.63) is 48.5 Å². The van der Waals surface area contributed by atoms with E-state index in [1.165, 1.54) is 0 Å². The second-order valence-corrected chi connectivity index (χ2v) is 7.27. The molecule has 0 radical (unpaired) electrons. The number of nitrogens with zero attached hydrogens (tertiary/aromatic N) is 5. The molecule has 6 heteroatoms. The summed E-state index contributed by atoms with van der Waals surface area (Å²) in [7, 11) is 2.12. The van der Waals surface area contributed by atoms with Gasteiger partial charge in [0.05, 0.1) is 29.5 Å². The molecule has 1 aliphatic rings. The maximum Gasteiger partial charge on any atom is 0.142 e. The lowest BCUT2D eigenvalue weighted by Gasteiger charge is -2.13. The molecule has 27 heavy (non-hydrogen) atoms. The second-order valence-electron chi connectivity index (χ2n) is 7.27. The first-order chi connectivity index (χ1) is 13.2. The molecular formula is C21H23N5O. The second kappa shape index (κ2) is 7.88. The number of Topliss-reactive ketones (excluding diaryl/α,β-unsaturated/α-hetero) is 1. The van der Waals surface area contributed by atoms with Gasteiger partial charge in [0.2, 0.25) is 0 Å². The van der Waals surface area contributed by atoms with Crippen molar-refractivity contribution in [1.29, 1.82) is 0 Å². The summed E-state index contributed by atoms with van der Waals surface area (Å²) in [6.07, 6.45) is 8.42. The van der Waals surface area contributed by atoms with Crippen LogP contribution in [0.3, 0.4) is 0 Å². The molecule has 1 unspecified atom stereocenters. The third-order valence-electron chi connectivity index (χ3n) is 5.26. The zero-order chi connectivity index (χ0) is 18.6. The van der Waals surface area contributed by atoms with Crippen molar-refractivity contribution in [3.8, 4) is 11.3 Å². The first kappa shape index (κ1) is 17.7. The van der Waals surface area contributed by atoms with Crippen LogP contribution in [0.25, 0.3) is 22.2 Å². The standard InChI is InChI=1S/C21H23N5O/c1-26-9-2-3-15(6-10-26)21(27)13-18-12-17-11-16(4-5-19(17)25-24-18)20-14-22-7-8-23-20/h4-5,7-8,11-12,14-15H,2-3,6,9-10,13H2,1H3. The van der Waals surface area contributed by atoms with E-state index in [0.29, 0.717) is 6.42 Å². The van der Waals surface area contributed by atoms with Crippen molar-refractivity contribution in [2.24, 2.45) is 5.92 Å². The third-order valence-corrected chi connectivity index (χ3v) is 5.26. The Balaban J connectivity index is 1.54. The summed E-state index contributed by atoms with van der Waals surface area (Å²) >= 11 is 0. The average Bonchev–Trinajstić information content (AvgIpc) is 2.92. The van der Waals surface area contributed by atoms with E-state index in [0.717, 1.165) is 60.2 Å². The summed E-state index contributed by atoms with van der Waals surface area (Å²) < 4.78 is 0. The molecule has 6 nitrogen and oxygen atoms in total. The van der Waals surface area contributed by atoms with Crippen molar-refractivity contribution < 1.29 is 4.79 Å². The van der Waals surface area contributed by atoms with Crippen LogP contribution >= 0.6 is 0 Å². The van der Waals surface area contributed by atoms with E-state index in [1.807, 2.05) is 24.3 Å². The quantitative estimate of drug-likeness (QED) is 0.711. The molecule has 1 saturated heterocycles. The summed E-state index contributed by atoms with van der Waals surface area (Å²) in [5, 5.41) is 9.54. The van der Waals surface area contributed by atoms with Gasteiger partial charge in [-0.1, -0.05) is 6.07 Å². The van der Waals surface area contributed by atoms with E-state index in [9.17, 15) is 4.79 Å². The highest BCUT2D eigenvalue weighted by Gasteiger charge is 2.22. The number of hydrogen-bond acceptors (Lipinski definition) is 6. The first-order valence-electron chi connectivity index (χ1n) is 9.43. The number of likely N-dealkylation sites (tertiary alicyclic amines) is 1. The van der Waals surface area contributed by atoms with Crippen LogP contribution in [0.1, 0.15) is 25.0 Å². The van der Waals surface area contributed by atoms with Crippen LogP contribution in [0.2, 0.25) is 0 Å².